The van der Waals surface area contributed by atoms with Crippen LogP contribution >= 0.6 is 0 Å². The van der Waals surface area contributed by atoms with Crippen molar-refractivity contribution in [3.8, 4) is 0 Å². The highest BCUT2D eigenvalue weighted by molar-refractivity contribution is 6.13. The van der Waals surface area contributed by atoms with Crippen molar-refractivity contribution in [3.63, 3.8) is 0 Å². The maximum absolute atomic E-state index is 11.4. The van der Waals surface area contributed by atoms with Gasteiger partial charge in [0.2, 0.25) is 0 Å². The van der Waals surface area contributed by atoms with Gasteiger partial charge in [-0.05, 0) is 18.8 Å². The fourth-order valence-electron chi connectivity index (χ4n) is 1.45. The van der Waals surface area contributed by atoms with Crippen LogP contribution in [0.2, 0.25) is 0 Å². The van der Waals surface area contributed by atoms with Gasteiger partial charge in [-0.25, -0.2) is 9.59 Å². The normalized spacial score (nSPS) is 11.5. The zero-order valence-electron chi connectivity index (χ0n) is 10.4. The Balaban J connectivity index is 4.91. The van der Waals surface area contributed by atoms with E-state index in [9.17, 15) is 9.59 Å². The van der Waals surface area contributed by atoms with Crippen molar-refractivity contribution in [2.75, 3.05) is 14.2 Å². The lowest BCUT2D eigenvalue weighted by Crippen LogP contribution is -2.17. The molecular formula is C12H20O4. The summed E-state index contributed by atoms with van der Waals surface area (Å²) in [6.07, 6.45) is 4.48. The first kappa shape index (κ1) is 14.7. The van der Waals surface area contributed by atoms with Gasteiger partial charge in [0.15, 0.2) is 0 Å². The van der Waals surface area contributed by atoms with E-state index in [0.717, 1.165) is 19.3 Å². The monoisotopic (exact) mass is 228 g/mol. The molecule has 4 nitrogen and oxygen atoms in total. The number of hydrogen-bond acceptors (Lipinski definition) is 4. The molecule has 0 amide bonds. The van der Waals surface area contributed by atoms with Crippen LogP contribution in [-0.4, -0.2) is 26.2 Å². The molecule has 0 saturated heterocycles. The lowest BCUT2D eigenvalue weighted by atomic mass is 9.97. The van der Waals surface area contributed by atoms with Crippen molar-refractivity contribution in [3.05, 3.63) is 11.6 Å². The Kier molecular flexibility index (Phi) is 7.25. The van der Waals surface area contributed by atoms with Crippen LogP contribution in [-0.2, 0) is 19.1 Å². The predicted octanol–water partition coefficient (Wildman–Crippen LogP) is 2.09. The van der Waals surface area contributed by atoms with E-state index >= 15 is 0 Å². The molecule has 16 heavy (non-hydrogen) atoms. The average molecular weight is 228 g/mol. The van der Waals surface area contributed by atoms with Gasteiger partial charge in [-0.15, -0.1) is 0 Å². The van der Waals surface area contributed by atoms with Gasteiger partial charge in [-0.3, -0.25) is 0 Å². The molecule has 0 saturated carbocycles. The summed E-state index contributed by atoms with van der Waals surface area (Å²) in [6, 6.07) is 0. The SMILES string of the molecule is CCCC(C=C(C(=O)OC)C(=O)OC)CC. The number of esters is 2. The van der Waals surface area contributed by atoms with Crippen LogP contribution < -0.4 is 0 Å². The lowest BCUT2D eigenvalue weighted by Gasteiger charge is -2.10. The minimum atomic E-state index is -0.638. The Morgan fingerprint density at radius 2 is 1.62 bits per heavy atom. The van der Waals surface area contributed by atoms with Crippen molar-refractivity contribution >= 4 is 11.9 Å². The first-order valence-electron chi connectivity index (χ1n) is 5.49. The van der Waals surface area contributed by atoms with Crippen molar-refractivity contribution in [2.24, 2.45) is 5.92 Å². The van der Waals surface area contributed by atoms with Crippen LogP contribution in [0.15, 0.2) is 11.6 Å². The van der Waals surface area contributed by atoms with Crippen LogP contribution in [0.5, 0.6) is 0 Å². The molecule has 92 valence electrons. The molecule has 0 radical (unpaired) electrons. The van der Waals surface area contributed by atoms with E-state index in [2.05, 4.69) is 16.4 Å². The van der Waals surface area contributed by atoms with E-state index in [4.69, 9.17) is 0 Å². The minimum Gasteiger partial charge on any atom is -0.465 e. The van der Waals surface area contributed by atoms with Gasteiger partial charge in [-0.1, -0.05) is 26.3 Å². The third-order valence-electron chi connectivity index (χ3n) is 2.40. The van der Waals surface area contributed by atoms with E-state index in [0.29, 0.717) is 0 Å². The Labute approximate surface area is 96.6 Å². The maximum Gasteiger partial charge on any atom is 0.344 e. The van der Waals surface area contributed by atoms with Gasteiger partial charge in [0.25, 0.3) is 0 Å². The van der Waals surface area contributed by atoms with Crippen molar-refractivity contribution in [1.82, 2.24) is 0 Å². The molecule has 0 aliphatic carbocycles. The largest absolute Gasteiger partial charge is 0.465 e. The Morgan fingerprint density at radius 1 is 1.12 bits per heavy atom. The van der Waals surface area contributed by atoms with Gasteiger partial charge in [0, 0.05) is 0 Å². The molecule has 0 heterocycles. The van der Waals surface area contributed by atoms with Crippen LogP contribution in [0.3, 0.4) is 0 Å². The third-order valence-corrected chi connectivity index (χ3v) is 2.40. The molecule has 0 bridgehead atoms. The summed E-state index contributed by atoms with van der Waals surface area (Å²) in [5.41, 5.74) is -0.00898. The van der Waals surface area contributed by atoms with Gasteiger partial charge in [0.05, 0.1) is 14.2 Å². The molecule has 4 heteroatoms. The standard InChI is InChI=1S/C12H20O4/c1-5-7-9(6-2)8-10(11(13)15-3)12(14)16-4/h8-9H,5-7H2,1-4H3. The predicted molar refractivity (Wildman–Crippen MR) is 60.8 cm³/mol. The molecule has 0 aromatic heterocycles. The molecule has 0 rings (SSSR count). The number of methoxy groups -OCH3 is 2. The molecule has 1 unspecified atom stereocenters. The third kappa shape index (κ3) is 4.47. The molecule has 0 spiro atoms. The van der Waals surface area contributed by atoms with E-state index < -0.39 is 11.9 Å². The number of carbonyl (C=O) groups is 2. The number of allylic oxidation sites excluding steroid dienone is 1. The fraction of sp³-hybridized carbons (Fsp3) is 0.667. The molecule has 0 aliphatic rings. The van der Waals surface area contributed by atoms with E-state index in [-0.39, 0.29) is 11.5 Å². The maximum atomic E-state index is 11.4. The summed E-state index contributed by atoms with van der Waals surface area (Å²) in [5.74, 6) is -1.07. The van der Waals surface area contributed by atoms with E-state index in [1.165, 1.54) is 14.2 Å². The van der Waals surface area contributed by atoms with Crippen molar-refractivity contribution < 1.29 is 19.1 Å². The van der Waals surface area contributed by atoms with Crippen LogP contribution in [0, 0.1) is 5.92 Å². The highest BCUT2D eigenvalue weighted by Gasteiger charge is 2.20. The van der Waals surface area contributed by atoms with Crippen molar-refractivity contribution in [1.29, 1.82) is 0 Å². The molecule has 0 N–H and O–H groups in total. The van der Waals surface area contributed by atoms with Crippen LogP contribution in [0.25, 0.3) is 0 Å². The van der Waals surface area contributed by atoms with Crippen LogP contribution in [0.4, 0.5) is 0 Å². The fourth-order valence-corrected chi connectivity index (χ4v) is 1.45. The second kappa shape index (κ2) is 7.91. The second-order valence-corrected chi connectivity index (χ2v) is 3.52. The zero-order chi connectivity index (χ0) is 12.6. The lowest BCUT2D eigenvalue weighted by molar-refractivity contribution is -0.144. The Morgan fingerprint density at radius 3 is 1.94 bits per heavy atom. The molecule has 0 fully saturated rings. The minimum absolute atomic E-state index is 0.00898. The zero-order valence-corrected chi connectivity index (χ0v) is 10.4. The number of rotatable bonds is 6. The summed E-state index contributed by atoms with van der Waals surface area (Å²) in [4.78, 5) is 22.8. The highest BCUT2D eigenvalue weighted by Crippen LogP contribution is 2.16. The van der Waals surface area contributed by atoms with Gasteiger partial charge < -0.3 is 9.47 Å². The molecule has 0 aliphatic heterocycles. The van der Waals surface area contributed by atoms with Crippen molar-refractivity contribution in [2.45, 2.75) is 33.1 Å². The highest BCUT2D eigenvalue weighted by atomic mass is 16.5. The molecular weight excluding hydrogens is 208 g/mol. The quantitative estimate of drug-likeness (QED) is 0.302. The first-order valence-corrected chi connectivity index (χ1v) is 5.49. The molecule has 0 aromatic carbocycles. The number of carbonyl (C=O) groups excluding carboxylic acids is 2. The van der Waals surface area contributed by atoms with Gasteiger partial charge in [0.1, 0.15) is 5.57 Å². The topological polar surface area (TPSA) is 52.6 Å². The summed E-state index contributed by atoms with van der Waals surface area (Å²) in [7, 11) is 2.50. The second-order valence-electron chi connectivity index (χ2n) is 3.52. The first-order chi connectivity index (χ1) is 7.60. The summed E-state index contributed by atoms with van der Waals surface area (Å²) < 4.78 is 9.10. The van der Waals surface area contributed by atoms with Crippen LogP contribution in [0.1, 0.15) is 33.1 Å². The van der Waals surface area contributed by atoms with Gasteiger partial charge in [-0.2, -0.15) is 0 Å². The summed E-state index contributed by atoms with van der Waals surface area (Å²) in [6.45, 7) is 4.08. The Hall–Kier alpha value is -1.32. The van der Waals surface area contributed by atoms with E-state index in [1.807, 2.05) is 6.92 Å². The average Bonchev–Trinajstić information content (AvgIpc) is 2.32. The summed E-state index contributed by atoms with van der Waals surface area (Å²) >= 11 is 0. The Bertz CT molecular complexity index is 250. The summed E-state index contributed by atoms with van der Waals surface area (Å²) in [5, 5.41) is 0. The smallest absolute Gasteiger partial charge is 0.344 e. The van der Waals surface area contributed by atoms with E-state index in [1.54, 1.807) is 6.08 Å². The number of hydrogen-bond donors (Lipinski definition) is 0. The molecule has 1 atom stereocenters. The number of ether oxygens (including phenoxy) is 2. The molecule has 0 aromatic rings. The van der Waals surface area contributed by atoms with Gasteiger partial charge >= 0.3 is 11.9 Å².